The van der Waals surface area contributed by atoms with E-state index in [2.05, 4.69) is 0 Å². The van der Waals surface area contributed by atoms with Crippen LogP contribution in [-0.2, 0) is 11.2 Å². The lowest BCUT2D eigenvalue weighted by molar-refractivity contribution is -0.121. The summed E-state index contributed by atoms with van der Waals surface area (Å²) in [6.07, 6.45) is 0.365. The van der Waals surface area contributed by atoms with E-state index < -0.39 is 0 Å². The number of benzene rings is 1. The lowest BCUT2D eigenvalue weighted by atomic mass is 10.1. The highest BCUT2D eigenvalue weighted by Crippen LogP contribution is 2.26. The fraction of sp³-hybridized carbons (Fsp3) is 0.222. The summed E-state index contributed by atoms with van der Waals surface area (Å²) in [6, 6.07) is 4.79. The Morgan fingerprint density at radius 1 is 1.42 bits per heavy atom. The fourth-order valence-corrected chi connectivity index (χ4v) is 1.27. The van der Waals surface area contributed by atoms with E-state index in [9.17, 15) is 4.79 Å². The van der Waals surface area contributed by atoms with Crippen LogP contribution in [0.2, 0.25) is 0 Å². The average molecular weight is 164 g/mol. The van der Waals surface area contributed by atoms with Gasteiger partial charge >= 0.3 is 0 Å². The first-order valence-corrected chi connectivity index (χ1v) is 3.72. The molecule has 1 heterocycles. The summed E-state index contributed by atoms with van der Waals surface area (Å²) in [4.78, 5) is 10.9. The molecule has 1 N–H and O–H groups in total. The molecular formula is C9H8O3. The molecule has 0 aliphatic carbocycles. The first-order valence-electron chi connectivity index (χ1n) is 3.72. The van der Waals surface area contributed by atoms with Gasteiger partial charge in [-0.05, 0) is 18.2 Å². The second-order valence-corrected chi connectivity index (χ2v) is 2.80. The summed E-state index contributed by atoms with van der Waals surface area (Å²) in [5.74, 6) is 0.924. The normalized spacial score (nSPS) is 15.2. The van der Waals surface area contributed by atoms with Crippen LogP contribution < -0.4 is 4.74 Å². The number of phenolic OH excluding ortho intramolecular Hbond substituents is 1. The summed E-state index contributed by atoms with van der Waals surface area (Å²) >= 11 is 0. The maximum atomic E-state index is 10.9. The Morgan fingerprint density at radius 2 is 2.25 bits per heavy atom. The SMILES string of the molecule is O=C1COc2ccc(O)cc2C1. The van der Waals surface area contributed by atoms with Crippen molar-refractivity contribution in [3.63, 3.8) is 0 Å². The third-order valence-electron chi connectivity index (χ3n) is 1.82. The molecule has 12 heavy (non-hydrogen) atoms. The van der Waals surface area contributed by atoms with E-state index in [1.165, 1.54) is 0 Å². The van der Waals surface area contributed by atoms with Gasteiger partial charge in [0.25, 0.3) is 0 Å². The molecule has 0 amide bonds. The van der Waals surface area contributed by atoms with E-state index in [1.54, 1.807) is 18.2 Å². The number of ketones is 1. The van der Waals surface area contributed by atoms with Gasteiger partial charge < -0.3 is 9.84 Å². The van der Waals surface area contributed by atoms with E-state index in [1.807, 2.05) is 0 Å². The van der Waals surface area contributed by atoms with Gasteiger partial charge in [0.15, 0.2) is 5.78 Å². The van der Waals surface area contributed by atoms with Crippen molar-refractivity contribution < 1.29 is 14.6 Å². The van der Waals surface area contributed by atoms with Crippen LogP contribution in [0.15, 0.2) is 18.2 Å². The molecule has 0 radical (unpaired) electrons. The number of Topliss-reactive ketones (excluding diaryl/α,β-unsaturated/α-hetero) is 1. The number of phenols is 1. The third kappa shape index (κ3) is 1.13. The fourth-order valence-electron chi connectivity index (χ4n) is 1.27. The molecule has 1 aliphatic rings. The zero-order valence-electron chi connectivity index (χ0n) is 6.41. The second kappa shape index (κ2) is 2.52. The summed E-state index contributed by atoms with van der Waals surface area (Å²) in [5.41, 5.74) is 0.770. The number of rotatable bonds is 0. The molecule has 1 aromatic rings. The number of hydrogen-bond donors (Lipinski definition) is 1. The molecule has 1 aliphatic heterocycles. The maximum absolute atomic E-state index is 10.9. The largest absolute Gasteiger partial charge is 0.508 e. The number of ether oxygens (including phenoxy) is 1. The molecule has 3 heteroatoms. The summed E-state index contributed by atoms with van der Waals surface area (Å²) < 4.78 is 5.13. The van der Waals surface area contributed by atoms with Crippen LogP contribution in [0.4, 0.5) is 0 Å². The number of hydrogen-bond acceptors (Lipinski definition) is 3. The Balaban J connectivity index is 2.44. The predicted octanol–water partition coefficient (Wildman–Crippen LogP) is 0.896. The number of aromatic hydroxyl groups is 1. The van der Waals surface area contributed by atoms with Crippen molar-refractivity contribution in [2.75, 3.05) is 6.61 Å². The van der Waals surface area contributed by atoms with E-state index in [0.717, 1.165) is 5.56 Å². The highest BCUT2D eigenvalue weighted by Gasteiger charge is 2.16. The highest BCUT2D eigenvalue weighted by atomic mass is 16.5. The first-order chi connectivity index (χ1) is 5.75. The quantitative estimate of drug-likeness (QED) is 0.619. The molecule has 3 nitrogen and oxygen atoms in total. The summed E-state index contributed by atoms with van der Waals surface area (Å²) in [6.45, 7) is 0.151. The highest BCUT2D eigenvalue weighted by molar-refractivity contribution is 5.84. The molecule has 0 bridgehead atoms. The van der Waals surface area contributed by atoms with Gasteiger partial charge in [-0.2, -0.15) is 0 Å². The monoisotopic (exact) mass is 164 g/mol. The van der Waals surface area contributed by atoms with E-state index in [-0.39, 0.29) is 18.1 Å². The Labute approximate surface area is 69.6 Å². The number of carbonyl (C=O) groups excluding carboxylic acids is 1. The lowest BCUT2D eigenvalue weighted by Gasteiger charge is -2.15. The first kappa shape index (κ1) is 7.16. The molecule has 0 unspecified atom stereocenters. The van der Waals surface area contributed by atoms with Crippen LogP contribution in [0, 0.1) is 0 Å². The van der Waals surface area contributed by atoms with Gasteiger partial charge in [0.1, 0.15) is 18.1 Å². The van der Waals surface area contributed by atoms with Gasteiger partial charge in [-0.15, -0.1) is 0 Å². The molecule has 0 aromatic heterocycles. The Morgan fingerprint density at radius 3 is 3.08 bits per heavy atom. The van der Waals surface area contributed by atoms with E-state index in [4.69, 9.17) is 9.84 Å². The molecular weight excluding hydrogens is 156 g/mol. The van der Waals surface area contributed by atoms with Crippen LogP contribution in [0.3, 0.4) is 0 Å². The predicted molar refractivity (Wildman–Crippen MR) is 42.3 cm³/mol. The average Bonchev–Trinajstić information content (AvgIpc) is 2.03. The van der Waals surface area contributed by atoms with Crippen molar-refractivity contribution in [3.05, 3.63) is 23.8 Å². The topological polar surface area (TPSA) is 46.5 Å². The number of fused-ring (bicyclic) bond motifs is 1. The van der Waals surface area contributed by atoms with Crippen LogP contribution in [0.5, 0.6) is 11.5 Å². The molecule has 62 valence electrons. The van der Waals surface area contributed by atoms with Crippen molar-refractivity contribution in [2.24, 2.45) is 0 Å². The van der Waals surface area contributed by atoms with Crippen LogP contribution in [-0.4, -0.2) is 17.5 Å². The minimum absolute atomic E-state index is 0.0492. The minimum Gasteiger partial charge on any atom is -0.508 e. The standard InChI is InChI=1S/C9H8O3/c10-7-1-2-9-6(3-7)4-8(11)5-12-9/h1-3,10H,4-5H2. The molecule has 1 aromatic carbocycles. The zero-order valence-corrected chi connectivity index (χ0v) is 6.41. The van der Waals surface area contributed by atoms with Gasteiger partial charge in [0.2, 0.25) is 0 Å². The molecule has 2 rings (SSSR count). The van der Waals surface area contributed by atoms with Gasteiger partial charge in [0.05, 0.1) is 0 Å². The molecule has 0 saturated heterocycles. The lowest BCUT2D eigenvalue weighted by Crippen LogP contribution is -2.19. The molecule has 0 saturated carbocycles. The van der Waals surface area contributed by atoms with Crippen LogP contribution >= 0.6 is 0 Å². The van der Waals surface area contributed by atoms with Gasteiger partial charge in [-0.3, -0.25) is 4.79 Å². The molecule has 0 spiro atoms. The maximum Gasteiger partial charge on any atom is 0.174 e. The zero-order chi connectivity index (χ0) is 8.55. The van der Waals surface area contributed by atoms with Crippen molar-refractivity contribution >= 4 is 5.78 Å². The van der Waals surface area contributed by atoms with Gasteiger partial charge in [0, 0.05) is 12.0 Å². The Bertz CT molecular complexity index is 331. The van der Waals surface area contributed by atoms with Gasteiger partial charge in [-0.1, -0.05) is 0 Å². The second-order valence-electron chi connectivity index (χ2n) is 2.80. The van der Waals surface area contributed by atoms with Crippen molar-refractivity contribution in [1.82, 2.24) is 0 Å². The third-order valence-corrected chi connectivity index (χ3v) is 1.82. The van der Waals surface area contributed by atoms with Crippen molar-refractivity contribution in [3.8, 4) is 11.5 Å². The molecule has 0 atom stereocenters. The summed E-state index contributed by atoms with van der Waals surface area (Å²) in [7, 11) is 0. The number of carbonyl (C=O) groups is 1. The van der Waals surface area contributed by atoms with Crippen molar-refractivity contribution in [2.45, 2.75) is 6.42 Å². The minimum atomic E-state index is 0.0492. The van der Waals surface area contributed by atoms with Crippen LogP contribution in [0.1, 0.15) is 5.56 Å². The van der Waals surface area contributed by atoms with E-state index in [0.29, 0.717) is 12.2 Å². The Hall–Kier alpha value is -1.51. The van der Waals surface area contributed by atoms with Crippen LogP contribution in [0.25, 0.3) is 0 Å². The summed E-state index contributed by atoms with van der Waals surface area (Å²) in [5, 5.41) is 9.11. The smallest absolute Gasteiger partial charge is 0.174 e. The Kier molecular flexibility index (Phi) is 1.50. The van der Waals surface area contributed by atoms with Gasteiger partial charge in [-0.25, -0.2) is 0 Å². The molecule has 0 fully saturated rings. The van der Waals surface area contributed by atoms with Crippen molar-refractivity contribution in [1.29, 1.82) is 0 Å². The van der Waals surface area contributed by atoms with E-state index >= 15 is 0 Å².